The second kappa shape index (κ2) is 3.55. The summed E-state index contributed by atoms with van der Waals surface area (Å²) in [5.41, 5.74) is 0. The molecule has 0 aromatic rings. The van der Waals surface area contributed by atoms with Crippen LogP contribution in [0.1, 0.15) is 25.7 Å². The fourth-order valence-electron chi connectivity index (χ4n) is 1.48. The Kier molecular flexibility index (Phi) is 2.44. The van der Waals surface area contributed by atoms with Crippen LogP contribution in [0.2, 0.25) is 0 Å². The van der Waals surface area contributed by atoms with E-state index in [9.17, 15) is 0 Å². The topological polar surface area (TPSA) is 21.3 Å². The minimum absolute atomic E-state index is 0.872. The van der Waals surface area contributed by atoms with Crippen molar-refractivity contribution >= 4 is 0 Å². The zero-order valence-electron chi connectivity index (χ0n) is 6.94. The Morgan fingerprint density at radius 1 is 1.27 bits per heavy atom. The van der Waals surface area contributed by atoms with Gasteiger partial charge >= 0.3 is 0 Å². The largest absolute Gasteiger partial charge is 0.381 e. The molecule has 2 fully saturated rings. The summed E-state index contributed by atoms with van der Waals surface area (Å²) in [4.78, 5) is 0. The van der Waals surface area contributed by atoms with Crippen LogP contribution in [-0.2, 0) is 4.74 Å². The van der Waals surface area contributed by atoms with Crippen molar-refractivity contribution in [1.29, 1.82) is 0 Å². The molecule has 11 heavy (non-hydrogen) atoms. The van der Waals surface area contributed by atoms with Crippen molar-refractivity contribution in [2.24, 2.45) is 5.92 Å². The second-order valence-corrected chi connectivity index (χ2v) is 3.54. The summed E-state index contributed by atoms with van der Waals surface area (Å²) in [5, 5.41) is 3.49. The summed E-state index contributed by atoms with van der Waals surface area (Å²) >= 11 is 0. The SMILES string of the molecule is C1CC(CN[C]2CC2)CCO1. The first-order valence-electron chi connectivity index (χ1n) is 4.61. The predicted octanol–water partition coefficient (Wildman–Crippen LogP) is 1.33. The maximum absolute atomic E-state index is 5.29. The molecular weight excluding hydrogens is 138 g/mol. The van der Waals surface area contributed by atoms with Crippen molar-refractivity contribution in [3.8, 4) is 0 Å². The molecule has 2 rings (SSSR count). The molecule has 1 heterocycles. The molecule has 1 saturated heterocycles. The van der Waals surface area contributed by atoms with Crippen LogP contribution in [0.5, 0.6) is 0 Å². The lowest BCUT2D eigenvalue weighted by Crippen LogP contribution is -2.26. The Balaban J connectivity index is 1.59. The van der Waals surface area contributed by atoms with Gasteiger partial charge in [0, 0.05) is 19.3 Å². The van der Waals surface area contributed by atoms with Crippen molar-refractivity contribution in [1.82, 2.24) is 5.32 Å². The number of hydrogen-bond acceptors (Lipinski definition) is 2. The van der Waals surface area contributed by atoms with E-state index < -0.39 is 0 Å². The normalized spacial score (nSPS) is 27.3. The van der Waals surface area contributed by atoms with Crippen molar-refractivity contribution in [2.45, 2.75) is 25.7 Å². The van der Waals surface area contributed by atoms with Gasteiger partial charge in [-0.1, -0.05) is 0 Å². The van der Waals surface area contributed by atoms with Crippen LogP contribution in [0.15, 0.2) is 0 Å². The highest BCUT2D eigenvalue weighted by Gasteiger charge is 2.23. The summed E-state index contributed by atoms with van der Waals surface area (Å²) in [5.74, 6) is 0.872. The Labute approximate surface area is 68.3 Å². The van der Waals surface area contributed by atoms with E-state index in [1.807, 2.05) is 0 Å². The average Bonchev–Trinajstić information content (AvgIpc) is 2.86. The Hall–Kier alpha value is -0.0800. The third kappa shape index (κ3) is 2.46. The predicted molar refractivity (Wildman–Crippen MR) is 44.0 cm³/mol. The molecule has 0 amide bonds. The third-order valence-electron chi connectivity index (χ3n) is 2.48. The lowest BCUT2D eigenvalue weighted by atomic mass is 10.0. The fourth-order valence-corrected chi connectivity index (χ4v) is 1.48. The van der Waals surface area contributed by atoms with Crippen LogP contribution >= 0.6 is 0 Å². The fraction of sp³-hybridized carbons (Fsp3) is 0.889. The van der Waals surface area contributed by atoms with Crippen molar-refractivity contribution in [3.05, 3.63) is 6.04 Å². The maximum Gasteiger partial charge on any atom is 0.0469 e. The minimum Gasteiger partial charge on any atom is -0.381 e. The van der Waals surface area contributed by atoms with Gasteiger partial charge in [-0.15, -0.1) is 0 Å². The van der Waals surface area contributed by atoms with Crippen LogP contribution in [0, 0.1) is 12.0 Å². The molecule has 1 saturated carbocycles. The molecule has 1 aliphatic heterocycles. The van der Waals surface area contributed by atoms with E-state index in [0.29, 0.717) is 0 Å². The minimum atomic E-state index is 0.872. The summed E-state index contributed by atoms with van der Waals surface area (Å²) in [7, 11) is 0. The van der Waals surface area contributed by atoms with Crippen molar-refractivity contribution in [2.75, 3.05) is 19.8 Å². The molecule has 0 aromatic heterocycles. The molecule has 0 bridgehead atoms. The first-order valence-corrected chi connectivity index (χ1v) is 4.61. The quantitative estimate of drug-likeness (QED) is 0.662. The van der Waals surface area contributed by atoms with Gasteiger partial charge in [0.1, 0.15) is 0 Å². The summed E-state index contributed by atoms with van der Waals surface area (Å²) in [6.45, 7) is 3.14. The highest BCUT2D eigenvalue weighted by atomic mass is 16.5. The van der Waals surface area contributed by atoms with E-state index in [1.54, 1.807) is 6.04 Å². The first kappa shape index (κ1) is 7.56. The van der Waals surface area contributed by atoms with E-state index in [2.05, 4.69) is 5.32 Å². The number of rotatable bonds is 3. The van der Waals surface area contributed by atoms with Gasteiger partial charge in [0.05, 0.1) is 0 Å². The van der Waals surface area contributed by atoms with Gasteiger partial charge in [0.15, 0.2) is 0 Å². The van der Waals surface area contributed by atoms with E-state index in [0.717, 1.165) is 19.1 Å². The molecular formula is C9H16NO. The lowest BCUT2D eigenvalue weighted by molar-refractivity contribution is 0.0668. The lowest BCUT2D eigenvalue weighted by Gasteiger charge is -2.21. The number of hydrogen-bond donors (Lipinski definition) is 1. The molecule has 1 aliphatic carbocycles. The molecule has 2 aliphatic rings. The molecule has 2 nitrogen and oxygen atoms in total. The zero-order valence-corrected chi connectivity index (χ0v) is 6.94. The number of nitrogens with one attached hydrogen (secondary N) is 1. The summed E-state index contributed by atoms with van der Waals surface area (Å²) < 4.78 is 5.29. The smallest absolute Gasteiger partial charge is 0.0469 e. The molecule has 0 spiro atoms. The van der Waals surface area contributed by atoms with Gasteiger partial charge in [-0.25, -0.2) is 0 Å². The molecule has 63 valence electrons. The maximum atomic E-state index is 5.29. The van der Waals surface area contributed by atoms with Crippen LogP contribution < -0.4 is 5.32 Å². The van der Waals surface area contributed by atoms with Crippen LogP contribution in [-0.4, -0.2) is 19.8 Å². The van der Waals surface area contributed by atoms with Crippen LogP contribution in [0.4, 0.5) is 0 Å². The molecule has 1 radical (unpaired) electrons. The summed E-state index contributed by atoms with van der Waals surface area (Å²) in [6, 6.07) is 1.57. The third-order valence-corrected chi connectivity index (χ3v) is 2.48. The van der Waals surface area contributed by atoms with Gasteiger partial charge in [0.25, 0.3) is 0 Å². The molecule has 0 atom stereocenters. The van der Waals surface area contributed by atoms with E-state index in [-0.39, 0.29) is 0 Å². The second-order valence-electron chi connectivity index (χ2n) is 3.54. The monoisotopic (exact) mass is 154 g/mol. The van der Waals surface area contributed by atoms with E-state index in [4.69, 9.17) is 4.74 Å². The highest BCUT2D eigenvalue weighted by Crippen LogP contribution is 2.28. The summed E-state index contributed by atoms with van der Waals surface area (Å²) in [6.07, 6.45) is 5.15. The van der Waals surface area contributed by atoms with Gasteiger partial charge < -0.3 is 10.1 Å². The van der Waals surface area contributed by atoms with Gasteiger partial charge in [-0.3, -0.25) is 0 Å². The highest BCUT2D eigenvalue weighted by molar-refractivity contribution is 5.02. The molecule has 0 unspecified atom stereocenters. The molecule has 2 heteroatoms. The van der Waals surface area contributed by atoms with Gasteiger partial charge in [-0.2, -0.15) is 0 Å². The Morgan fingerprint density at radius 3 is 2.64 bits per heavy atom. The van der Waals surface area contributed by atoms with Crippen LogP contribution in [0.3, 0.4) is 0 Å². The van der Waals surface area contributed by atoms with Gasteiger partial charge in [0.2, 0.25) is 0 Å². The Bertz CT molecular complexity index is 117. The Morgan fingerprint density at radius 2 is 2.00 bits per heavy atom. The van der Waals surface area contributed by atoms with Gasteiger partial charge in [-0.05, 0) is 38.1 Å². The number of ether oxygens (including phenoxy) is 1. The van der Waals surface area contributed by atoms with Crippen LogP contribution in [0.25, 0.3) is 0 Å². The van der Waals surface area contributed by atoms with Crippen molar-refractivity contribution < 1.29 is 4.74 Å². The molecule has 0 aromatic carbocycles. The zero-order chi connectivity index (χ0) is 7.52. The molecule has 1 N–H and O–H groups in total. The van der Waals surface area contributed by atoms with E-state index in [1.165, 1.54) is 32.2 Å². The van der Waals surface area contributed by atoms with E-state index >= 15 is 0 Å². The first-order chi connectivity index (χ1) is 5.45. The van der Waals surface area contributed by atoms with Crippen molar-refractivity contribution in [3.63, 3.8) is 0 Å². The standard InChI is InChI=1S/C9H16NO/c1-2-9(1)10-7-8-3-5-11-6-4-8/h8,10H,1-7H2. The average molecular weight is 154 g/mol.